The van der Waals surface area contributed by atoms with Crippen LogP contribution in [0, 0.1) is 0 Å². The number of hydrogen-bond donors (Lipinski definition) is 2. The molecule has 0 fully saturated rings. The molecule has 0 aromatic carbocycles. The summed E-state index contributed by atoms with van der Waals surface area (Å²) in [5, 5.41) is 19.0. The van der Waals surface area contributed by atoms with Crippen molar-refractivity contribution < 1.29 is 24.2 Å². The number of aliphatic hydroxyl groups is 1. The SMILES string of the molecule is CC(C)(C)O[C@H](O)C[C@@H](CC(=O)O)O[Si](C)(C)C(C)(C)C. The molecule has 0 aliphatic carbocycles. The highest BCUT2D eigenvalue weighted by Crippen LogP contribution is 2.38. The molecule has 0 aromatic rings. The molecule has 0 amide bonds. The molecule has 0 aromatic heterocycles. The fourth-order valence-corrected chi connectivity index (χ4v) is 3.01. The van der Waals surface area contributed by atoms with Crippen molar-refractivity contribution in [3.05, 3.63) is 0 Å². The zero-order valence-electron chi connectivity index (χ0n) is 14.7. The number of carbonyl (C=O) groups is 1. The molecular weight excluding hydrogens is 288 g/mol. The molecule has 0 bridgehead atoms. The number of hydrogen-bond acceptors (Lipinski definition) is 4. The standard InChI is InChI=1S/C15H32O5Si/c1-14(2,3)19-13(18)10-11(9-12(16)17)20-21(7,8)15(4,5)6/h11,13,18H,9-10H2,1-8H3,(H,16,17)/t11-,13+/m1/s1. The second-order valence-electron chi connectivity index (χ2n) is 8.02. The van der Waals surface area contributed by atoms with E-state index in [0.29, 0.717) is 0 Å². The van der Waals surface area contributed by atoms with E-state index in [0.717, 1.165) is 0 Å². The highest BCUT2D eigenvalue weighted by molar-refractivity contribution is 6.74. The maximum atomic E-state index is 11.0. The lowest BCUT2D eigenvalue weighted by Crippen LogP contribution is -2.45. The molecule has 0 unspecified atom stereocenters. The highest BCUT2D eigenvalue weighted by Gasteiger charge is 2.40. The van der Waals surface area contributed by atoms with Gasteiger partial charge in [0, 0.05) is 6.42 Å². The minimum atomic E-state index is -2.09. The van der Waals surface area contributed by atoms with Gasteiger partial charge in [0.05, 0.1) is 18.1 Å². The fraction of sp³-hybridized carbons (Fsp3) is 0.933. The second-order valence-corrected chi connectivity index (χ2v) is 12.8. The summed E-state index contributed by atoms with van der Waals surface area (Å²) >= 11 is 0. The van der Waals surface area contributed by atoms with Crippen LogP contribution in [0.3, 0.4) is 0 Å². The first kappa shape index (κ1) is 20.6. The van der Waals surface area contributed by atoms with Crippen LogP contribution in [0.25, 0.3) is 0 Å². The number of aliphatic carboxylic acids is 1. The zero-order chi connectivity index (χ0) is 17.1. The second kappa shape index (κ2) is 7.22. The number of rotatable bonds is 7. The largest absolute Gasteiger partial charge is 0.481 e. The van der Waals surface area contributed by atoms with Crippen LogP contribution in [0.1, 0.15) is 54.4 Å². The van der Waals surface area contributed by atoms with Gasteiger partial charge in [-0.3, -0.25) is 4.79 Å². The molecule has 0 radical (unpaired) electrons. The maximum Gasteiger partial charge on any atom is 0.305 e. The van der Waals surface area contributed by atoms with Crippen molar-refractivity contribution >= 4 is 14.3 Å². The van der Waals surface area contributed by atoms with Crippen molar-refractivity contribution in [2.24, 2.45) is 0 Å². The molecule has 5 nitrogen and oxygen atoms in total. The Labute approximate surface area is 129 Å². The minimum absolute atomic E-state index is 0.0143. The summed E-state index contributed by atoms with van der Waals surface area (Å²) in [7, 11) is -2.09. The van der Waals surface area contributed by atoms with E-state index in [1.165, 1.54) is 0 Å². The summed E-state index contributed by atoms with van der Waals surface area (Å²) in [6.45, 7) is 16.0. The molecule has 0 saturated heterocycles. The van der Waals surface area contributed by atoms with Crippen LogP contribution < -0.4 is 0 Å². The van der Waals surface area contributed by atoms with Gasteiger partial charge in [-0.2, -0.15) is 0 Å². The van der Waals surface area contributed by atoms with Gasteiger partial charge in [-0.25, -0.2) is 0 Å². The number of ether oxygens (including phenoxy) is 1. The predicted octanol–water partition coefficient (Wildman–Crippen LogP) is 3.38. The third kappa shape index (κ3) is 8.56. The Morgan fingerprint density at radius 1 is 1.14 bits per heavy atom. The first-order chi connectivity index (χ1) is 9.14. The Hall–Kier alpha value is -0.433. The molecular formula is C15H32O5Si. The first-order valence-corrected chi connectivity index (χ1v) is 10.3. The molecule has 0 aliphatic heterocycles. The van der Waals surface area contributed by atoms with Crippen molar-refractivity contribution in [2.45, 2.75) is 90.5 Å². The van der Waals surface area contributed by atoms with E-state index in [4.69, 9.17) is 14.3 Å². The van der Waals surface area contributed by atoms with Gasteiger partial charge in [0.1, 0.15) is 0 Å². The highest BCUT2D eigenvalue weighted by atomic mass is 28.4. The summed E-state index contributed by atoms with van der Waals surface area (Å²) in [6.07, 6.45) is -1.53. The Morgan fingerprint density at radius 2 is 1.62 bits per heavy atom. The van der Waals surface area contributed by atoms with E-state index in [2.05, 4.69) is 33.9 Å². The van der Waals surface area contributed by atoms with E-state index in [1.807, 2.05) is 20.8 Å². The quantitative estimate of drug-likeness (QED) is 0.555. The average Bonchev–Trinajstić information content (AvgIpc) is 2.08. The summed E-state index contributed by atoms with van der Waals surface area (Å²) in [4.78, 5) is 11.0. The van der Waals surface area contributed by atoms with Crippen molar-refractivity contribution in [3.63, 3.8) is 0 Å². The van der Waals surface area contributed by atoms with Gasteiger partial charge in [0.15, 0.2) is 14.6 Å². The van der Waals surface area contributed by atoms with Gasteiger partial charge in [-0.1, -0.05) is 20.8 Å². The summed E-state index contributed by atoms with van der Waals surface area (Å²) in [5.41, 5.74) is -0.482. The molecule has 6 heteroatoms. The van der Waals surface area contributed by atoms with Crippen LogP contribution >= 0.6 is 0 Å². The van der Waals surface area contributed by atoms with Gasteiger partial charge in [-0.15, -0.1) is 0 Å². The van der Waals surface area contributed by atoms with E-state index in [9.17, 15) is 9.90 Å². The lowest BCUT2D eigenvalue weighted by atomic mass is 10.1. The first-order valence-electron chi connectivity index (χ1n) is 7.39. The summed E-state index contributed by atoms with van der Waals surface area (Å²) in [6, 6.07) is 0. The molecule has 0 rings (SSSR count). The monoisotopic (exact) mass is 320 g/mol. The van der Waals surface area contributed by atoms with Crippen molar-refractivity contribution in [1.82, 2.24) is 0 Å². The molecule has 2 atom stereocenters. The average molecular weight is 321 g/mol. The van der Waals surface area contributed by atoms with E-state index >= 15 is 0 Å². The van der Waals surface area contributed by atoms with Crippen molar-refractivity contribution in [3.8, 4) is 0 Å². The lowest BCUT2D eigenvalue weighted by Gasteiger charge is -2.39. The smallest absolute Gasteiger partial charge is 0.305 e. The normalized spacial score (nSPS) is 16.6. The number of aliphatic hydroxyl groups excluding tert-OH is 1. The third-order valence-corrected chi connectivity index (χ3v) is 8.16. The van der Waals surface area contributed by atoms with Crippen LogP contribution in [0.2, 0.25) is 18.1 Å². The van der Waals surface area contributed by atoms with Crippen LogP contribution in [0.15, 0.2) is 0 Å². The molecule has 21 heavy (non-hydrogen) atoms. The van der Waals surface area contributed by atoms with E-state index in [1.54, 1.807) is 0 Å². The maximum absolute atomic E-state index is 11.0. The topological polar surface area (TPSA) is 76.0 Å². The summed E-state index contributed by atoms with van der Waals surface area (Å²) < 4.78 is 11.6. The Balaban J connectivity index is 4.86. The van der Waals surface area contributed by atoms with E-state index < -0.39 is 32.3 Å². The van der Waals surface area contributed by atoms with Gasteiger partial charge >= 0.3 is 5.97 Å². The summed E-state index contributed by atoms with van der Waals surface area (Å²) in [5.74, 6) is -0.929. The molecule has 0 spiro atoms. The van der Waals surface area contributed by atoms with Crippen LogP contribution in [0.4, 0.5) is 0 Å². The van der Waals surface area contributed by atoms with Gasteiger partial charge in [-0.05, 0) is 38.9 Å². The van der Waals surface area contributed by atoms with Crippen LogP contribution in [-0.4, -0.2) is 42.5 Å². The number of carboxylic acid groups (broad SMARTS) is 1. The molecule has 0 heterocycles. The van der Waals surface area contributed by atoms with E-state index in [-0.39, 0.29) is 17.9 Å². The lowest BCUT2D eigenvalue weighted by molar-refractivity contribution is -0.178. The number of carboxylic acids is 1. The third-order valence-electron chi connectivity index (χ3n) is 3.62. The van der Waals surface area contributed by atoms with Crippen molar-refractivity contribution in [1.29, 1.82) is 0 Å². The Kier molecular flexibility index (Phi) is 7.07. The Morgan fingerprint density at radius 3 is 1.95 bits per heavy atom. The van der Waals surface area contributed by atoms with Crippen LogP contribution in [0.5, 0.6) is 0 Å². The van der Waals surface area contributed by atoms with Crippen molar-refractivity contribution in [2.75, 3.05) is 0 Å². The van der Waals surface area contributed by atoms with Gasteiger partial charge in [0.2, 0.25) is 0 Å². The van der Waals surface area contributed by atoms with Crippen LogP contribution in [-0.2, 0) is 14.0 Å². The molecule has 0 aliphatic rings. The van der Waals surface area contributed by atoms with Gasteiger partial charge in [0.25, 0.3) is 0 Å². The molecule has 2 N–H and O–H groups in total. The van der Waals surface area contributed by atoms with Gasteiger partial charge < -0.3 is 19.4 Å². The Bertz CT molecular complexity index is 341. The molecule has 0 saturated carbocycles. The molecule has 126 valence electrons. The fourth-order valence-electron chi connectivity index (χ4n) is 1.64. The zero-order valence-corrected chi connectivity index (χ0v) is 15.7. The predicted molar refractivity (Wildman–Crippen MR) is 85.8 cm³/mol. The minimum Gasteiger partial charge on any atom is -0.481 e.